The number of amides is 2. The Morgan fingerprint density at radius 2 is 1.76 bits per heavy atom. The number of anilines is 1. The van der Waals surface area contributed by atoms with Crippen LogP contribution in [0.3, 0.4) is 0 Å². The zero-order valence-electron chi connectivity index (χ0n) is 20.7. The van der Waals surface area contributed by atoms with Crippen molar-refractivity contribution >= 4 is 17.5 Å². The first kappa shape index (κ1) is 24.9. The third-order valence-electron chi connectivity index (χ3n) is 5.24. The fourth-order valence-electron chi connectivity index (χ4n) is 3.12. The summed E-state index contributed by atoms with van der Waals surface area (Å²) in [5, 5.41) is 13.6. The van der Waals surface area contributed by atoms with Gasteiger partial charge in [0.2, 0.25) is 0 Å². The molecule has 9 heteroatoms. The third-order valence-corrected chi connectivity index (χ3v) is 5.24. The summed E-state index contributed by atoms with van der Waals surface area (Å²) in [6.45, 7) is 14.5. The molecule has 3 N–H and O–H groups in total. The van der Waals surface area contributed by atoms with Gasteiger partial charge in [-0.3, -0.25) is 14.4 Å². The number of nitrogens with one attached hydrogen (secondary N) is 3. The van der Waals surface area contributed by atoms with Gasteiger partial charge in [-0.15, -0.1) is 5.10 Å². The van der Waals surface area contributed by atoms with Crippen LogP contribution in [-0.4, -0.2) is 38.3 Å². The van der Waals surface area contributed by atoms with Crippen LogP contribution in [0.25, 0.3) is 5.69 Å². The number of aryl methyl sites for hydroxylation is 1. The second-order valence-electron chi connectivity index (χ2n) is 10.6. The van der Waals surface area contributed by atoms with Gasteiger partial charge in [0.15, 0.2) is 5.69 Å². The van der Waals surface area contributed by atoms with Crippen molar-refractivity contribution in [2.24, 2.45) is 5.41 Å². The Morgan fingerprint density at radius 3 is 2.41 bits per heavy atom. The van der Waals surface area contributed by atoms with Gasteiger partial charge in [0.25, 0.3) is 17.4 Å². The highest BCUT2D eigenvalue weighted by atomic mass is 16.2. The van der Waals surface area contributed by atoms with Gasteiger partial charge in [-0.2, -0.15) is 0 Å². The number of pyridine rings is 1. The number of aromatic amines is 1. The molecule has 1 aromatic carbocycles. The predicted octanol–water partition coefficient (Wildman–Crippen LogP) is 3.59. The van der Waals surface area contributed by atoms with Crippen molar-refractivity contribution in [3.63, 3.8) is 0 Å². The molecule has 0 bridgehead atoms. The van der Waals surface area contributed by atoms with E-state index in [1.807, 2.05) is 48.5 Å². The fraction of sp³-hybridized carbons (Fsp3) is 0.400. The first-order chi connectivity index (χ1) is 15.7. The Balaban J connectivity index is 1.84. The number of carbonyl (C=O) groups excluding carboxylic acids is 2. The molecule has 0 spiro atoms. The monoisotopic (exact) mass is 464 g/mol. The van der Waals surface area contributed by atoms with Gasteiger partial charge in [-0.05, 0) is 47.1 Å². The Hall–Kier alpha value is -3.75. The molecule has 2 heterocycles. The van der Waals surface area contributed by atoms with Crippen LogP contribution in [0.2, 0.25) is 0 Å². The van der Waals surface area contributed by atoms with E-state index in [2.05, 4.69) is 25.9 Å². The highest BCUT2D eigenvalue weighted by Crippen LogP contribution is 2.23. The minimum atomic E-state index is -0.430. The van der Waals surface area contributed by atoms with Gasteiger partial charge >= 0.3 is 0 Å². The number of rotatable bonds is 5. The van der Waals surface area contributed by atoms with Crippen LogP contribution < -0.4 is 16.2 Å². The maximum atomic E-state index is 12.9. The van der Waals surface area contributed by atoms with Crippen molar-refractivity contribution in [1.82, 2.24) is 25.3 Å². The first-order valence-electron chi connectivity index (χ1n) is 11.1. The van der Waals surface area contributed by atoms with Crippen LogP contribution in [0.4, 0.5) is 5.69 Å². The SMILES string of the molecule is Cc1ccc(C(=O)Nc2cc(C(C)(C)C)c[nH]c2=O)cc1-n1cc(C(=O)NCC(C)(C)C)nn1. The Morgan fingerprint density at radius 1 is 1.06 bits per heavy atom. The quantitative estimate of drug-likeness (QED) is 0.533. The summed E-state index contributed by atoms with van der Waals surface area (Å²) in [5.41, 5.74) is 2.42. The summed E-state index contributed by atoms with van der Waals surface area (Å²) in [7, 11) is 0. The highest BCUT2D eigenvalue weighted by molar-refractivity contribution is 6.04. The zero-order valence-corrected chi connectivity index (χ0v) is 20.7. The van der Waals surface area contributed by atoms with Crippen LogP contribution in [0, 0.1) is 12.3 Å². The molecule has 0 aliphatic rings. The van der Waals surface area contributed by atoms with Crippen LogP contribution in [0.15, 0.2) is 41.5 Å². The van der Waals surface area contributed by atoms with E-state index in [1.54, 1.807) is 30.5 Å². The molecule has 34 heavy (non-hydrogen) atoms. The largest absolute Gasteiger partial charge is 0.350 e. The number of H-pyrrole nitrogens is 1. The van der Waals surface area contributed by atoms with Gasteiger partial charge in [0.1, 0.15) is 5.69 Å². The average molecular weight is 465 g/mol. The number of hydrogen-bond donors (Lipinski definition) is 3. The molecule has 0 saturated heterocycles. The highest BCUT2D eigenvalue weighted by Gasteiger charge is 2.19. The summed E-state index contributed by atoms with van der Waals surface area (Å²) >= 11 is 0. The van der Waals surface area contributed by atoms with Gasteiger partial charge < -0.3 is 15.6 Å². The van der Waals surface area contributed by atoms with Crippen LogP contribution in [0.5, 0.6) is 0 Å². The molecule has 3 rings (SSSR count). The number of carbonyl (C=O) groups is 2. The van der Waals surface area contributed by atoms with Crippen molar-refractivity contribution in [2.45, 2.75) is 53.9 Å². The molecule has 0 saturated carbocycles. The molecule has 0 atom stereocenters. The van der Waals surface area contributed by atoms with E-state index in [4.69, 9.17) is 0 Å². The van der Waals surface area contributed by atoms with Gasteiger partial charge in [0.05, 0.1) is 11.9 Å². The Bertz CT molecular complexity index is 1270. The van der Waals surface area contributed by atoms with Crippen molar-refractivity contribution in [3.05, 3.63) is 69.4 Å². The van der Waals surface area contributed by atoms with E-state index in [0.717, 1.165) is 11.1 Å². The minimum Gasteiger partial charge on any atom is -0.350 e. The molecule has 0 unspecified atom stereocenters. The smallest absolute Gasteiger partial charge is 0.273 e. The zero-order chi connectivity index (χ0) is 25.3. The Labute approximate surface area is 199 Å². The standard InChI is InChI=1S/C25H32N6O3/c1-15-8-9-16(21(32)28-18-11-17(25(5,6)7)12-26-22(18)33)10-20(15)31-13-19(29-30-31)23(34)27-14-24(2,3)4/h8-13H,14H2,1-7H3,(H,26,33)(H,27,34)(H,28,32). The molecule has 0 aliphatic heterocycles. The van der Waals surface area contributed by atoms with Gasteiger partial charge in [0, 0.05) is 18.3 Å². The van der Waals surface area contributed by atoms with Crippen molar-refractivity contribution in [1.29, 1.82) is 0 Å². The number of aromatic nitrogens is 4. The van der Waals surface area contributed by atoms with E-state index in [1.165, 1.54) is 10.9 Å². The second-order valence-corrected chi connectivity index (χ2v) is 10.6. The topological polar surface area (TPSA) is 122 Å². The lowest BCUT2D eigenvalue weighted by Gasteiger charge is -2.19. The van der Waals surface area contributed by atoms with E-state index >= 15 is 0 Å². The van der Waals surface area contributed by atoms with Crippen molar-refractivity contribution in [2.75, 3.05) is 11.9 Å². The van der Waals surface area contributed by atoms with E-state index < -0.39 is 5.91 Å². The van der Waals surface area contributed by atoms with E-state index in [0.29, 0.717) is 17.8 Å². The second kappa shape index (κ2) is 9.24. The number of nitrogens with zero attached hydrogens (tertiary/aromatic N) is 3. The van der Waals surface area contributed by atoms with E-state index in [9.17, 15) is 14.4 Å². The molecular formula is C25H32N6O3. The van der Waals surface area contributed by atoms with Crippen molar-refractivity contribution in [3.8, 4) is 5.69 Å². The molecule has 0 radical (unpaired) electrons. The molecule has 0 fully saturated rings. The molecule has 2 aromatic heterocycles. The molecule has 0 aliphatic carbocycles. The maximum Gasteiger partial charge on any atom is 0.273 e. The first-order valence-corrected chi connectivity index (χ1v) is 11.1. The van der Waals surface area contributed by atoms with Crippen molar-refractivity contribution < 1.29 is 9.59 Å². The fourth-order valence-corrected chi connectivity index (χ4v) is 3.12. The number of benzene rings is 1. The lowest BCUT2D eigenvalue weighted by Crippen LogP contribution is -2.32. The lowest BCUT2D eigenvalue weighted by molar-refractivity contribution is 0.0933. The summed E-state index contributed by atoms with van der Waals surface area (Å²) in [4.78, 5) is 40.3. The van der Waals surface area contributed by atoms with Crippen LogP contribution >= 0.6 is 0 Å². The lowest BCUT2D eigenvalue weighted by atomic mass is 9.88. The summed E-state index contributed by atoms with van der Waals surface area (Å²) in [6.07, 6.45) is 3.18. The van der Waals surface area contributed by atoms with Gasteiger partial charge in [-0.25, -0.2) is 4.68 Å². The van der Waals surface area contributed by atoms with E-state index in [-0.39, 0.29) is 33.7 Å². The predicted molar refractivity (Wildman–Crippen MR) is 132 cm³/mol. The van der Waals surface area contributed by atoms with Gasteiger partial charge in [-0.1, -0.05) is 52.8 Å². The molecule has 9 nitrogen and oxygen atoms in total. The summed E-state index contributed by atoms with van der Waals surface area (Å²) < 4.78 is 1.46. The molecule has 3 aromatic rings. The minimum absolute atomic E-state index is 0.0575. The number of hydrogen-bond acceptors (Lipinski definition) is 5. The summed E-state index contributed by atoms with van der Waals surface area (Å²) in [6, 6.07) is 6.79. The average Bonchev–Trinajstić information content (AvgIpc) is 3.22. The molecular weight excluding hydrogens is 432 g/mol. The molecule has 180 valence electrons. The maximum absolute atomic E-state index is 12.9. The summed E-state index contributed by atoms with van der Waals surface area (Å²) in [5.74, 6) is -0.744. The van der Waals surface area contributed by atoms with Crippen LogP contribution in [-0.2, 0) is 5.41 Å². The Kier molecular flexibility index (Phi) is 6.77. The third kappa shape index (κ3) is 5.98. The van der Waals surface area contributed by atoms with Crippen LogP contribution in [0.1, 0.15) is 73.5 Å². The normalized spacial score (nSPS) is 11.9. The molecule has 2 amide bonds.